The van der Waals surface area contributed by atoms with E-state index in [0.29, 0.717) is 36.9 Å². The van der Waals surface area contributed by atoms with E-state index >= 15 is 0 Å². The molecule has 0 radical (unpaired) electrons. The maximum atomic E-state index is 13.3. The molecule has 0 aliphatic carbocycles. The molecule has 542 valence electrons. The summed E-state index contributed by atoms with van der Waals surface area (Å²) in [5, 5.41) is 45.5. The monoisotopic (exact) mass is 1370 g/mol. The topological polar surface area (TPSA) is 173 Å². The summed E-state index contributed by atoms with van der Waals surface area (Å²) in [6.45, 7) is 6.53. The first-order chi connectivity index (χ1) is 48.7. The Kier molecular flexibility index (Phi) is 57.6. The first-order valence-corrected chi connectivity index (χ1v) is 36.1. The van der Waals surface area contributed by atoms with E-state index in [2.05, 4.69) is 191 Å². The molecule has 1 saturated heterocycles. The van der Waals surface area contributed by atoms with E-state index in [4.69, 9.17) is 15.3 Å². The highest BCUT2D eigenvalue weighted by Gasteiger charge is 2.48. The second kappa shape index (κ2) is 64.7. The SMILES string of the molecule is CC/C=C\C/C=C\C/C=C\C/C=C\C/C=C\C/C=C\CCC(=O)O.CC/C=C\C/C=C\C/C=C\C/C=C\C/C=C\CCCC(=O)O.CCCCC/C=C\C/C=C\C/C=C\C/C=C\C/C=C\CCC(=O)O.O=C1[C@H](CC[C@H](O)c2ccc(F)cc2)[C@@H](c2ccc(O)cc2)N1c1ccc(F)cc1. The van der Waals surface area contributed by atoms with E-state index in [0.717, 1.165) is 115 Å². The number of phenols is 1. The molecule has 0 bridgehead atoms. The summed E-state index contributed by atoms with van der Waals surface area (Å²) in [4.78, 5) is 45.5. The Morgan fingerprint density at radius 1 is 0.400 bits per heavy atom. The molecule has 1 heterocycles. The van der Waals surface area contributed by atoms with Crippen molar-refractivity contribution in [2.45, 2.75) is 213 Å². The molecule has 4 rings (SSSR count). The number of aliphatic hydroxyl groups excluding tert-OH is 1. The summed E-state index contributed by atoms with van der Waals surface area (Å²) in [6, 6.07) is 17.7. The van der Waals surface area contributed by atoms with Crippen LogP contribution in [0.4, 0.5) is 14.5 Å². The van der Waals surface area contributed by atoms with Crippen molar-refractivity contribution in [1.82, 2.24) is 0 Å². The van der Waals surface area contributed by atoms with Crippen molar-refractivity contribution in [3.05, 3.63) is 290 Å². The Bertz CT molecular complexity index is 3110. The lowest BCUT2D eigenvalue weighted by molar-refractivity contribution is -0.138. The molecular weight excluding hydrogens is 1250 g/mol. The molecule has 0 aromatic heterocycles. The first kappa shape index (κ1) is 89.0. The highest BCUT2D eigenvalue weighted by atomic mass is 19.1. The summed E-state index contributed by atoms with van der Waals surface area (Å²) in [5.74, 6) is -3.30. The molecule has 0 saturated carbocycles. The van der Waals surface area contributed by atoms with Crippen LogP contribution in [-0.2, 0) is 19.2 Å². The number of benzene rings is 3. The average molecular weight is 1370 g/mol. The van der Waals surface area contributed by atoms with Gasteiger partial charge < -0.3 is 30.4 Å². The molecule has 1 amide bonds. The third kappa shape index (κ3) is 52.1. The minimum atomic E-state index is -0.807. The fraction of sp³-hybridized carbons (Fsp3) is 0.386. The zero-order chi connectivity index (χ0) is 73.0. The molecule has 100 heavy (non-hydrogen) atoms. The molecule has 3 aromatic carbocycles. The zero-order valence-corrected chi connectivity index (χ0v) is 60.0. The van der Waals surface area contributed by atoms with Crippen molar-refractivity contribution in [2.24, 2.45) is 5.92 Å². The first-order valence-electron chi connectivity index (χ1n) is 36.1. The normalized spacial score (nSPS) is 14.8. The van der Waals surface area contributed by atoms with Gasteiger partial charge in [0.25, 0.3) is 0 Å². The molecule has 3 atom stereocenters. The van der Waals surface area contributed by atoms with Gasteiger partial charge in [0.05, 0.1) is 18.1 Å². The van der Waals surface area contributed by atoms with Crippen LogP contribution in [0.2, 0.25) is 0 Å². The summed E-state index contributed by atoms with van der Waals surface area (Å²) in [5.41, 5.74) is 2.03. The van der Waals surface area contributed by atoms with Crippen LogP contribution in [0.15, 0.2) is 267 Å². The van der Waals surface area contributed by atoms with Crippen molar-refractivity contribution in [3.8, 4) is 5.75 Å². The van der Waals surface area contributed by atoms with Crippen LogP contribution in [-0.4, -0.2) is 49.3 Å². The van der Waals surface area contributed by atoms with Gasteiger partial charge in [0.2, 0.25) is 5.91 Å². The number of hydrogen-bond donors (Lipinski definition) is 5. The number of carboxylic acid groups (broad SMARTS) is 3. The Labute approximate surface area is 599 Å². The Morgan fingerprint density at radius 3 is 1.04 bits per heavy atom. The molecular formula is C88H117F2NO9. The van der Waals surface area contributed by atoms with E-state index in [1.54, 1.807) is 41.3 Å². The van der Waals surface area contributed by atoms with Gasteiger partial charge in [-0.1, -0.05) is 252 Å². The number of rotatable bonds is 48. The number of amides is 1. The quantitative estimate of drug-likeness (QED) is 0.0210. The Morgan fingerprint density at radius 2 is 0.710 bits per heavy atom. The lowest BCUT2D eigenvalue weighted by Crippen LogP contribution is -2.55. The molecule has 10 nitrogen and oxygen atoms in total. The van der Waals surface area contributed by atoms with Crippen LogP contribution < -0.4 is 4.90 Å². The number of carbonyl (C=O) groups excluding carboxylic acids is 1. The second-order valence-electron chi connectivity index (χ2n) is 23.5. The minimum absolute atomic E-state index is 0.106. The third-order valence-electron chi connectivity index (χ3n) is 15.0. The average Bonchev–Trinajstić information content (AvgIpc) is 0.744. The second-order valence-corrected chi connectivity index (χ2v) is 23.5. The standard InChI is InChI=1S/C24H21F2NO3.C22H34O2.C22H32O2.C20H30O2/c25-17-5-1-15(2-6-17)22(29)14-13-21-23(16-3-11-20(28)12-4-16)27(24(21)30)19-9-7-18(26)8-10-19;2*1-2-3-4-5-6-7-8-9-10-11-12-13-14-15-16-17-18-19-20-21-22(23)24;1-2-3-4-5-6-7-8-9-10-11-12-13-14-15-16-17-18-19-20(21)22/h1-12,21-23,28-29H,13-14H2;6-7,9-10,12-13,15-16,18-19H,2-5,8,11,14,17,20-21H2,1H3,(H,23,24);3-4,6-7,9-10,12-13,15-16,18-19H,2,5,8,11,14,17,20-21H2,1H3,(H,23,24);3-4,6-7,9-10,12-13,15-16H,2,5,8,11,14,17-19H2,1H3,(H,21,22)/b;7-6-,10-9-,13-12-,16-15-,19-18-;4-3-,7-6-,10-9-,13-12-,16-15-,19-18-;4-3-,7-6-,10-9-,13-12-,16-15-/t21-,22+,23-;;;/m1.../s1. The van der Waals surface area contributed by atoms with Gasteiger partial charge in [0.1, 0.15) is 17.4 Å². The van der Waals surface area contributed by atoms with Crippen molar-refractivity contribution in [1.29, 1.82) is 0 Å². The van der Waals surface area contributed by atoms with Gasteiger partial charge >= 0.3 is 17.9 Å². The number of anilines is 1. The predicted octanol–water partition coefficient (Wildman–Crippen LogP) is 24.2. The number of unbranched alkanes of at least 4 members (excludes halogenated alkanes) is 4. The molecule has 1 aliphatic rings. The molecule has 3 aromatic rings. The fourth-order valence-corrected chi connectivity index (χ4v) is 9.59. The largest absolute Gasteiger partial charge is 0.508 e. The van der Waals surface area contributed by atoms with E-state index in [9.17, 15) is 38.2 Å². The molecule has 12 heteroatoms. The van der Waals surface area contributed by atoms with Gasteiger partial charge in [0, 0.05) is 24.9 Å². The van der Waals surface area contributed by atoms with Crippen LogP contribution in [0.1, 0.15) is 224 Å². The summed E-state index contributed by atoms with van der Waals surface area (Å²) in [6.07, 6.45) is 92.2. The number of hydrogen-bond acceptors (Lipinski definition) is 6. The highest BCUT2D eigenvalue weighted by Crippen LogP contribution is 2.46. The van der Waals surface area contributed by atoms with Gasteiger partial charge in [-0.05, 0) is 207 Å². The van der Waals surface area contributed by atoms with Crippen LogP contribution in [0.5, 0.6) is 5.75 Å². The van der Waals surface area contributed by atoms with E-state index in [-0.39, 0.29) is 54.5 Å². The van der Waals surface area contributed by atoms with Gasteiger partial charge in [0.15, 0.2) is 0 Å². The number of nitrogens with zero attached hydrogens (tertiary/aromatic N) is 1. The molecule has 5 N–H and O–H groups in total. The van der Waals surface area contributed by atoms with Gasteiger partial charge in [-0.25, -0.2) is 8.78 Å². The number of β-lactam (4-membered cyclic amide) rings is 1. The number of carboxylic acids is 3. The van der Waals surface area contributed by atoms with Crippen LogP contribution >= 0.6 is 0 Å². The number of halogens is 2. The van der Waals surface area contributed by atoms with Crippen LogP contribution in [0.3, 0.4) is 0 Å². The van der Waals surface area contributed by atoms with Gasteiger partial charge in [-0.3, -0.25) is 19.2 Å². The number of aliphatic hydroxyl groups is 1. The van der Waals surface area contributed by atoms with E-state index in [1.807, 2.05) is 24.3 Å². The maximum absolute atomic E-state index is 13.3. The van der Waals surface area contributed by atoms with Gasteiger partial charge in [-0.2, -0.15) is 0 Å². The third-order valence-corrected chi connectivity index (χ3v) is 15.0. The van der Waals surface area contributed by atoms with Gasteiger partial charge in [-0.15, -0.1) is 0 Å². The number of allylic oxidation sites excluding steroid dienone is 32. The fourth-order valence-electron chi connectivity index (χ4n) is 9.59. The molecule has 1 fully saturated rings. The minimum Gasteiger partial charge on any atom is -0.508 e. The smallest absolute Gasteiger partial charge is 0.303 e. The van der Waals surface area contributed by atoms with E-state index < -0.39 is 24.0 Å². The lowest BCUT2D eigenvalue weighted by Gasteiger charge is -2.48. The number of aliphatic carboxylic acids is 3. The summed E-state index contributed by atoms with van der Waals surface area (Å²) < 4.78 is 26.4. The highest BCUT2D eigenvalue weighted by molar-refractivity contribution is 6.03. The molecule has 0 spiro atoms. The van der Waals surface area contributed by atoms with Crippen LogP contribution in [0.25, 0.3) is 0 Å². The number of aromatic hydroxyl groups is 1. The van der Waals surface area contributed by atoms with E-state index in [1.165, 1.54) is 62.1 Å². The zero-order valence-electron chi connectivity index (χ0n) is 60.0. The Balaban J connectivity index is 0.000000673. The van der Waals surface area contributed by atoms with Crippen molar-refractivity contribution in [3.63, 3.8) is 0 Å². The van der Waals surface area contributed by atoms with Crippen molar-refractivity contribution < 1.29 is 53.5 Å². The molecule has 1 aliphatic heterocycles. The Hall–Kier alpha value is -9.00. The van der Waals surface area contributed by atoms with Crippen molar-refractivity contribution in [2.75, 3.05) is 4.90 Å². The predicted molar refractivity (Wildman–Crippen MR) is 415 cm³/mol. The lowest BCUT2D eigenvalue weighted by atomic mass is 9.78. The molecule has 0 unspecified atom stereocenters. The summed E-state index contributed by atoms with van der Waals surface area (Å²) >= 11 is 0. The summed E-state index contributed by atoms with van der Waals surface area (Å²) in [7, 11) is 0. The maximum Gasteiger partial charge on any atom is 0.303 e. The number of phenolic OH excluding ortho intramolecular Hbond substituents is 1. The van der Waals surface area contributed by atoms with Crippen molar-refractivity contribution >= 4 is 29.5 Å². The van der Waals surface area contributed by atoms with Crippen LogP contribution in [0, 0.1) is 17.6 Å². The number of carbonyl (C=O) groups is 4.